The summed E-state index contributed by atoms with van der Waals surface area (Å²) in [4.78, 5) is 12.8. The molecule has 0 bridgehead atoms. The molecule has 4 rings (SSSR count). The van der Waals surface area contributed by atoms with Crippen molar-refractivity contribution < 1.29 is 33.3 Å². The highest BCUT2D eigenvalue weighted by molar-refractivity contribution is 8.13. The maximum Gasteiger partial charge on any atom is 0.223 e. The molecule has 0 aromatic heterocycles. The summed E-state index contributed by atoms with van der Waals surface area (Å²) in [6, 6.07) is -0.987. The molecule has 0 radical (unpaired) electrons. The quantitative estimate of drug-likeness (QED) is 0.568. The number of alkyl halides is 3. The summed E-state index contributed by atoms with van der Waals surface area (Å²) in [6.07, 6.45) is -0.0435. The average Bonchev–Trinajstić information content (AvgIpc) is 2.88. The summed E-state index contributed by atoms with van der Waals surface area (Å²) in [6.45, 7) is 4.86. The summed E-state index contributed by atoms with van der Waals surface area (Å²) in [5.41, 5.74) is -6.68. The minimum absolute atomic E-state index is 0.129. The molecule has 3 N–H and O–H groups in total. The molecule has 0 amide bonds. The Balaban J connectivity index is 1.83. The van der Waals surface area contributed by atoms with Crippen LogP contribution in [-0.4, -0.2) is 56.1 Å². The van der Waals surface area contributed by atoms with Gasteiger partial charge in [0.15, 0.2) is 5.67 Å². The van der Waals surface area contributed by atoms with Crippen LogP contribution in [0.1, 0.15) is 40.0 Å². The number of aliphatic hydroxyl groups excluding tert-OH is 2. The first kappa shape index (κ1) is 22.4. The first-order valence-corrected chi connectivity index (χ1v) is 11.4. The van der Waals surface area contributed by atoms with Gasteiger partial charge in [0.25, 0.3) is 0 Å². The molecule has 8 heteroatoms. The highest BCUT2D eigenvalue weighted by Gasteiger charge is 2.76. The lowest BCUT2D eigenvalue weighted by Gasteiger charge is -2.63. The van der Waals surface area contributed by atoms with Gasteiger partial charge in [0.2, 0.25) is 5.12 Å². The van der Waals surface area contributed by atoms with Gasteiger partial charge in [0, 0.05) is 16.7 Å². The molecule has 10 atom stereocenters. The Morgan fingerprint density at radius 3 is 2.57 bits per heavy atom. The Bertz CT molecular complexity index is 820. The number of hydrogen-bond acceptors (Lipinski definition) is 5. The van der Waals surface area contributed by atoms with Crippen LogP contribution in [0.15, 0.2) is 23.8 Å². The monoisotopic (exact) mass is 446 g/mol. The van der Waals surface area contributed by atoms with E-state index in [1.165, 1.54) is 18.2 Å². The topological polar surface area (TPSA) is 77.8 Å². The van der Waals surface area contributed by atoms with Crippen LogP contribution < -0.4 is 0 Å². The number of carbonyl (C=O) groups is 1. The van der Waals surface area contributed by atoms with Crippen LogP contribution in [-0.2, 0) is 4.79 Å². The van der Waals surface area contributed by atoms with E-state index < -0.39 is 69.4 Å². The normalized spacial score (nSPS) is 54.8. The lowest BCUT2D eigenvalue weighted by atomic mass is 9.44. The molecular weight excluding hydrogens is 417 g/mol. The maximum atomic E-state index is 16.9. The summed E-state index contributed by atoms with van der Waals surface area (Å²) < 4.78 is 45.2. The average molecular weight is 447 g/mol. The number of allylic oxidation sites excluding steroid dienone is 2. The van der Waals surface area contributed by atoms with E-state index >= 15 is 8.78 Å². The van der Waals surface area contributed by atoms with E-state index in [4.69, 9.17) is 0 Å². The molecule has 0 aromatic rings. The van der Waals surface area contributed by atoms with Gasteiger partial charge in [-0.2, -0.15) is 0 Å². The van der Waals surface area contributed by atoms with Gasteiger partial charge in [0.05, 0.1) is 12.2 Å². The van der Waals surface area contributed by atoms with E-state index in [0.29, 0.717) is 11.8 Å². The van der Waals surface area contributed by atoms with E-state index in [2.05, 4.69) is 0 Å². The van der Waals surface area contributed by atoms with Gasteiger partial charge in [0.1, 0.15) is 17.8 Å². The Morgan fingerprint density at radius 1 is 1.27 bits per heavy atom. The molecule has 0 aromatic carbocycles. The summed E-state index contributed by atoms with van der Waals surface area (Å²) >= 11 is 0.380. The fraction of sp³-hybridized carbons (Fsp3) is 0.773. The van der Waals surface area contributed by atoms with Gasteiger partial charge in [-0.3, -0.25) is 4.79 Å². The fourth-order valence-electron chi connectivity index (χ4n) is 7.25. The van der Waals surface area contributed by atoms with Gasteiger partial charge >= 0.3 is 0 Å². The van der Waals surface area contributed by atoms with Crippen molar-refractivity contribution in [3.63, 3.8) is 0 Å². The molecule has 0 aliphatic heterocycles. The number of hydrogen-bond donors (Lipinski definition) is 3. The number of carbonyl (C=O) groups excluding carboxylic acids is 1. The summed E-state index contributed by atoms with van der Waals surface area (Å²) in [5, 5.41) is 31.8. The van der Waals surface area contributed by atoms with Crippen LogP contribution in [0.2, 0.25) is 0 Å². The first-order chi connectivity index (χ1) is 13.9. The third-order valence-electron chi connectivity index (χ3n) is 8.81. The second kappa shape index (κ2) is 6.83. The standard InChI is InChI=1S/C22H29F3O4S/c1-11-6-13-14-8-16(24)15-7-12(26)4-5-19(15,2)21(14,25)17(27)9-20(13,3)22(11,29)18(28)30-10-23/h4-5,7,11-14,16-17,26-27,29H,6,8-10H2,1-3H3/t11-,12?,13+,14+,16+,17+,19+,20+,21+,22+/m1/s1. The third kappa shape index (κ3) is 2.45. The molecule has 168 valence electrons. The fourth-order valence-corrected chi connectivity index (χ4v) is 8.01. The van der Waals surface area contributed by atoms with Crippen LogP contribution in [0.5, 0.6) is 0 Å². The highest BCUT2D eigenvalue weighted by Crippen LogP contribution is 2.71. The largest absolute Gasteiger partial charge is 0.390 e. The Hall–Kier alpha value is -0.830. The van der Waals surface area contributed by atoms with E-state index in [1.54, 1.807) is 20.8 Å². The van der Waals surface area contributed by atoms with E-state index in [9.17, 15) is 24.5 Å². The molecular formula is C22H29F3O4S. The zero-order chi connectivity index (χ0) is 22.3. The number of thioether (sulfide) groups is 1. The van der Waals surface area contributed by atoms with Gasteiger partial charge in [-0.25, -0.2) is 13.2 Å². The zero-order valence-corrected chi connectivity index (χ0v) is 18.1. The van der Waals surface area contributed by atoms with Crippen LogP contribution in [0, 0.1) is 28.6 Å². The summed E-state index contributed by atoms with van der Waals surface area (Å²) in [7, 11) is 0. The number of rotatable bonds is 2. The van der Waals surface area contributed by atoms with E-state index in [-0.39, 0.29) is 24.8 Å². The minimum Gasteiger partial charge on any atom is -0.390 e. The third-order valence-corrected chi connectivity index (χ3v) is 9.49. The van der Waals surface area contributed by atoms with Crippen molar-refractivity contribution in [3.8, 4) is 0 Å². The van der Waals surface area contributed by atoms with Crippen LogP contribution in [0.3, 0.4) is 0 Å². The van der Waals surface area contributed by atoms with Crippen molar-refractivity contribution in [3.05, 3.63) is 23.8 Å². The number of fused-ring (bicyclic) bond motifs is 5. The molecule has 3 saturated carbocycles. The van der Waals surface area contributed by atoms with Crippen molar-refractivity contribution in [2.75, 3.05) is 6.01 Å². The maximum absolute atomic E-state index is 16.9. The lowest BCUT2D eigenvalue weighted by molar-refractivity contribution is -0.221. The molecule has 4 aliphatic rings. The molecule has 4 nitrogen and oxygen atoms in total. The van der Waals surface area contributed by atoms with E-state index in [0.717, 1.165) is 0 Å². The molecule has 0 saturated heterocycles. The second-order valence-corrected chi connectivity index (χ2v) is 10.8. The lowest BCUT2D eigenvalue weighted by Crippen LogP contribution is -2.70. The molecule has 0 heterocycles. The van der Waals surface area contributed by atoms with Crippen molar-refractivity contribution in [2.24, 2.45) is 28.6 Å². The molecule has 3 fully saturated rings. The number of aliphatic hydroxyl groups is 3. The smallest absolute Gasteiger partial charge is 0.223 e. The highest BCUT2D eigenvalue weighted by atomic mass is 32.2. The van der Waals surface area contributed by atoms with Gasteiger partial charge in [-0.1, -0.05) is 37.8 Å². The van der Waals surface area contributed by atoms with Gasteiger partial charge < -0.3 is 15.3 Å². The van der Waals surface area contributed by atoms with Gasteiger partial charge in [-0.05, 0) is 49.7 Å². The van der Waals surface area contributed by atoms with Crippen molar-refractivity contribution in [1.29, 1.82) is 0 Å². The van der Waals surface area contributed by atoms with Crippen LogP contribution >= 0.6 is 11.8 Å². The molecule has 0 spiro atoms. The minimum atomic E-state index is -2.22. The Kier molecular flexibility index (Phi) is 5.09. The zero-order valence-electron chi connectivity index (χ0n) is 17.3. The molecule has 30 heavy (non-hydrogen) atoms. The van der Waals surface area contributed by atoms with Crippen molar-refractivity contribution >= 4 is 16.9 Å². The molecule has 4 aliphatic carbocycles. The predicted octanol–water partition coefficient (Wildman–Crippen LogP) is 3.26. The van der Waals surface area contributed by atoms with Crippen molar-refractivity contribution in [2.45, 2.75) is 69.7 Å². The second-order valence-electron chi connectivity index (χ2n) is 9.94. The Morgan fingerprint density at radius 2 is 1.93 bits per heavy atom. The predicted molar refractivity (Wildman–Crippen MR) is 108 cm³/mol. The van der Waals surface area contributed by atoms with Crippen LogP contribution in [0.25, 0.3) is 0 Å². The molecule has 1 unspecified atom stereocenters. The summed E-state index contributed by atoms with van der Waals surface area (Å²) in [5.74, 6) is -2.09. The SMILES string of the molecule is C[C@@H]1C[C@H]2[C@@H]3C[C@H](F)C4=CC(O)C=C[C@]4(C)[C@@]3(F)[C@@H](O)C[C@]2(C)[C@@]1(O)C(=O)SCF. The first-order valence-electron chi connectivity index (χ1n) is 10.4. The van der Waals surface area contributed by atoms with E-state index in [1.807, 2.05) is 0 Å². The Labute approximate surface area is 178 Å². The number of halogens is 3. The van der Waals surface area contributed by atoms with Gasteiger partial charge in [-0.15, -0.1) is 0 Å². The van der Waals surface area contributed by atoms with Crippen LogP contribution in [0.4, 0.5) is 13.2 Å². The van der Waals surface area contributed by atoms with Crippen molar-refractivity contribution in [1.82, 2.24) is 0 Å².